The number of aromatic nitrogens is 2. The third-order valence-corrected chi connectivity index (χ3v) is 3.14. The number of aromatic carboxylic acids is 1. The molecule has 2 rings (SSSR count). The molecule has 0 unspecified atom stereocenters. The van der Waals surface area contributed by atoms with E-state index in [2.05, 4.69) is 4.98 Å². The molecular formula is C13H8ClF3N2O3. The highest BCUT2D eigenvalue weighted by Crippen LogP contribution is 2.33. The van der Waals surface area contributed by atoms with Gasteiger partial charge in [0, 0.05) is 25.0 Å². The molecule has 0 aliphatic heterocycles. The Balaban J connectivity index is 2.63. The summed E-state index contributed by atoms with van der Waals surface area (Å²) in [5, 5.41) is 8.66. The highest BCUT2D eigenvalue weighted by molar-refractivity contribution is 6.33. The molecule has 0 spiro atoms. The summed E-state index contributed by atoms with van der Waals surface area (Å²) in [5.74, 6) is -1.45. The SMILES string of the molecule is Cn1cc(-c2ncc(C(F)(F)F)cc2Cl)cc(C(=O)O)c1=O. The summed E-state index contributed by atoms with van der Waals surface area (Å²) < 4.78 is 38.7. The van der Waals surface area contributed by atoms with Crippen LogP contribution in [0.15, 0.2) is 29.3 Å². The van der Waals surface area contributed by atoms with Gasteiger partial charge in [-0.25, -0.2) is 4.79 Å². The molecule has 9 heteroatoms. The summed E-state index contributed by atoms with van der Waals surface area (Å²) in [5.41, 5.74) is -2.23. The highest BCUT2D eigenvalue weighted by Gasteiger charge is 2.31. The van der Waals surface area contributed by atoms with Gasteiger partial charge in [0.05, 0.1) is 16.3 Å². The molecular weight excluding hydrogens is 325 g/mol. The Morgan fingerprint density at radius 2 is 2.00 bits per heavy atom. The Kier molecular flexibility index (Phi) is 3.97. The summed E-state index contributed by atoms with van der Waals surface area (Å²) in [4.78, 5) is 26.3. The minimum atomic E-state index is -4.59. The quantitative estimate of drug-likeness (QED) is 0.918. The number of alkyl halides is 3. The Labute approximate surface area is 126 Å². The fraction of sp³-hybridized carbons (Fsp3) is 0.154. The van der Waals surface area contributed by atoms with E-state index in [-0.39, 0.29) is 16.3 Å². The molecule has 22 heavy (non-hydrogen) atoms. The molecule has 0 saturated heterocycles. The van der Waals surface area contributed by atoms with Crippen molar-refractivity contribution in [1.82, 2.24) is 9.55 Å². The molecule has 2 heterocycles. The van der Waals surface area contributed by atoms with E-state index in [1.165, 1.54) is 13.2 Å². The average Bonchev–Trinajstić information content (AvgIpc) is 2.40. The van der Waals surface area contributed by atoms with E-state index in [9.17, 15) is 22.8 Å². The maximum absolute atomic E-state index is 12.6. The van der Waals surface area contributed by atoms with Gasteiger partial charge >= 0.3 is 12.1 Å². The fourth-order valence-corrected chi connectivity index (χ4v) is 2.08. The number of halogens is 4. The van der Waals surface area contributed by atoms with Crippen molar-refractivity contribution in [3.05, 3.63) is 51.0 Å². The molecule has 0 radical (unpaired) electrons. The second kappa shape index (κ2) is 5.45. The predicted molar refractivity (Wildman–Crippen MR) is 71.9 cm³/mol. The number of aryl methyl sites for hydroxylation is 1. The average molecular weight is 333 g/mol. The molecule has 2 aromatic heterocycles. The van der Waals surface area contributed by atoms with Gasteiger partial charge in [-0.2, -0.15) is 13.2 Å². The van der Waals surface area contributed by atoms with E-state index >= 15 is 0 Å². The summed E-state index contributed by atoms with van der Waals surface area (Å²) in [6, 6.07) is 1.71. The maximum Gasteiger partial charge on any atom is 0.417 e. The minimum absolute atomic E-state index is 0.0484. The summed E-state index contributed by atoms with van der Waals surface area (Å²) in [6.45, 7) is 0. The van der Waals surface area contributed by atoms with Crippen LogP contribution in [-0.4, -0.2) is 20.6 Å². The van der Waals surface area contributed by atoms with Crippen LogP contribution >= 0.6 is 11.6 Å². The zero-order valence-electron chi connectivity index (χ0n) is 11.0. The van der Waals surface area contributed by atoms with Crippen LogP contribution in [0.5, 0.6) is 0 Å². The number of rotatable bonds is 2. The standard InChI is InChI=1S/C13H8ClF3N2O3/c1-19-5-6(2-8(11(19)20)12(21)22)10-9(14)3-7(4-18-10)13(15,16)17/h2-5H,1H3,(H,21,22). The van der Waals surface area contributed by atoms with Gasteiger partial charge in [0.15, 0.2) is 0 Å². The molecule has 0 bridgehead atoms. The van der Waals surface area contributed by atoms with Crippen LogP contribution in [0.2, 0.25) is 5.02 Å². The Morgan fingerprint density at radius 3 is 2.50 bits per heavy atom. The number of carboxylic acid groups (broad SMARTS) is 1. The third-order valence-electron chi connectivity index (χ3n) is 2.86. The molecule has 1 N–H and O–H groups in total. The first-order valence-electron chi connectivity index (χ1n) is 5.78. The van der Waals surface area contributed by atoms with Gasteiger partial charge in [0.25, 0.3) is 5.56 Å². The lowest BCUT2D eigenvalue weighted by atomic mass is 10.1. The predicted octanol–water partition coefficient (Wildman–Crippen LogP) is 2.82. The summed E-state index contributed by atoms with van der Waals surface area (Å²) in [6.07, 6.45) is -2.76. The monoisotopic (exact) mass is 332 g/mol. The van der Waals surface area contributed by atoms with Gasteiger partial charge in [0.1, 0.15) is 5.56 Å². The van der Waals surface area contributed by atoms with E-state index in [1.54, 1.807) is 0 Å². The van der Waals surface area contributed by atoms with Crippen LogP contribution in [0.25, 0.3) is 11.3 Å². The van der Waals surface area contributed by atoms with Crippen LogP contribution in [0, 0.1) is 0 Å². The first-order chi connectivity index (χ1) is 10.1. The number of nitrogens with zero attached hydrogens (tertiary/aromatic N) is 2. The molecule has 0 fully saturated rings. The van der Waals surface area contributed by atoms with Gasteiger partial charge in [-0.1, -0.05) is 11.6 Å². The Morgan fingerprint density at radius 1 is 1.36 bits per heavy atom. The van der Waals surface area contributed by atoms with Crippen molar-refractivity contribution in [2.45, 2.75) is 6.18 Å². The molecule has 0 aliphatic carbocycles. The fourth-order valence-electron chi connectivity index (χ4n) is 1.80. The van der Waals surface area contributed by atoms with Crippen molar-refractivity contribution in [3.63, 3.8) is 0 Å². The zero-order chi connectivity index (χ0) is 16.7. The topological polar surface area (TPSA) is 72.2 Å². The van der Waals surface area contributed by atoms with Crippen molar-refractivity contribution < 1.29 is 23.1 Å². The molecule has 2 aromatic rings. The van der Waals surface area contributed by atoms with E-state index in [4.69, 9.17) is 16.7 Å². The van der Waals surface area contributed by atoms with Gasteiger partial charge in [-0.3, -0.25) is 9.78 Å². The lowest BCUT2D eigenvalue weighted by Gasteiger charge is -2.10. The summed E-state index contributed by atoms with van der Waals surface area (Å²) >= 11 is 5.80. The van der Waals surface area contributed by atoms with Gasteiger partial charge in [0.2, 0.25) is 0 Å². The number of hydrogen-bond acceptors (Lipinski definition) is 3. The molecule has 0 amide bonds. The zero-order valence-corrected chi connectivity index (χ0v) is 11.7. The van der Waals surface area contributed by atoms with Crippen LogP contribution in [0.4, 0.5) is 13.2 Å². The summed E-state index contributed by atoms with van der Waals surface area (Å²) in [7, 11) is 1.32. The number of hydrogen-bond donors (Lipinski definition) is 1. The number of carboxylic acids is 1. The van der Waals surface area contributed by atoms with Crippen molar-refractivity contribution in [2.24, 2.45) is 7.05 Å². The number of pyridine rings is 2. The van der Waals surface area contributed by atoms with Crippen LogP contribution < -0.4 is 5.56 Å². The van der Waals surface area contributed by atoms with Crippen molar-refractivity contribution in [2.75, 3.05) is 0 Å². The van der Waals surface area contributed by atoms with Crippen molar-refractivity contribution in [3.8, 4) is 11.3 Å². The molecule has 0 atom stereocenters. The van der Waals surface area contributed by atoms with Crippen LogP contribution in [0.1, 0.15) is 15.9 Å². The lowest BCUT2D eigenvalue weighted by molar-refractivity contribution is -0.137. The van der Waals surface area contributed by atoms with E-state index < -0.39 is 28.8 Å². The van der Waals surface area contributed by atoms with Crippen molar-refractivity contribution in [1.29, 1.82) is 0 Å². The first kappa shape index (κ1) is 16.0. The third kappa shape index (κ3) is 2.96. The van der Waals surface area contributed by atoms with Crippen LogP contribution in [0.3, 0.4) is 0 Å². The maximum atomic E-state index is 12.6. The molecule has 5 nitrogen and oxygen atoms in total. The molecule has 0 aromatic carbocycles. The van der Waals surface area contributed by atoms with Crippen molar-refractivity contribution >= 4 is 17.6 Å². The van der Waals surface area contributed by atoms with E-state index in [0.29, 0.717) is 12.3 Å². The second-order valence-corrected chi connectivity index (χ2v) is 4.82. The minimum Gasteiger partial charge on any atom is -0.477 e. The largest absolute Gasteiger partial charge is 0.477 e. The Bertz CT molecular complexity index is 815. The first-order valence-corrected chi connectivity index (χ1v) is 6.16. The Hall–Kier alpha value is -2.35. The molecule has 0 aliphatic rings. The lowest BCUT2D eigenvalue weighted by Crippen LogP contribution is -2.24. The van der Waals surface area contributed by atoms with Gasteiger partial charge in [-0.05, 0) is 12.1 Å². The number of carbonyl (C=O) groups is 1. The van der Waals surface area contributed by atoms with Crippen LogP contribution in [-0.2, 0) is 13.2 Å². The second-order valence-electron chi connectivity index (χ2n) is 4.42. The smallest absolute Gasteiger partial charge is 0.417 e. The van der Waals surface area contributed by atoms with Gasteiger partial charge < -0.3 is 9.67 Å². The normalized spacial score (nSPS) is 11.5. The molecule has 116 valence electrons. The highest BCUT2D eigenvalue weighted by atomic mass is 35.5. The van der Waals surface area contributed by atoms with Gasteiger partial charge in [-0.15, -0.1) is 0 Å². The molecule has 0 saturated carbocycles. The van der Waals surface area contributed by atoms with E-state index in [0.717, 1.165) is 10.6 Å². The van der Waals surface area contributed by atoms with E-state index in [1.807, 2.05) is 0 Å².